The molecule has 94 valence electrons. The van der Waals surface area contributed by atoms with Crippen LogP contribution in [0.1, 0.15) is 0 Å². The maximum absolute atomic E-state index is 11.5. The molecule has 0 unspecified atom stereocenters. The minimum absolute atomic E-state index is 0.318. The Kier molecular flexibility index (Phi) is 3.93. The molecule has 0 spiro atoms. The molecular formula is C11H10BrN3O2S. The van der Waals surface area contributed by atoms with Gasteiger partial charge >= 0.3 is 5.69 Å². The lowest BCUT2D eigenvalue weighted by Gasteiger charge is -2.08. The van der Waals surface area contributed by atoms with Gasteiger partial charge in [0.2, 0.25) is 0 Å². The Morgan fingerprint density at radius 2 is 1.94 bits per heavy atom. The first kappa shape index (κ1) is 13.0. The first-order chi connectivity index (χ1) is 8.61. The van der Waals surface area contributed by atoms with Gasteiger partial charge in [-0.15, -0.1) is 0 Å². The molecule has 3 N–H and O–H groups in total. The lowest BCUT2D eigenvalue weighted by molar-refractivity contribution is 0.931. The van der Waals surface area contributed by atoms with Crippen molar-refractivity contribution in [2.75, 3.05) is 12.4 Å². The van der Waals surface area contributed by atoms with E-state index in [-0.39, 0.29) is 0 Å². The van der Waals surface area contributed by atoms with Gasteiger partial charge in [-0.05, 0) is 28.1 Å². The third-order valence-electron chi connectivity index (χ3n) is 2.22. The molecule has 0 bridgehead atoms. The van der Waals surface area contributed by atoms with Crippen LogP contribution in [0.2, 0.25) is 0 Å². The minimum atomic E-state index is -0.521. The normalized spacial score (nSPS) is 10.3. The smallest absolute Gasteiger partial charge is 0.326 e. The molecule has 1 heterocycles. The molecule has 1 aromatic carbocycles. The molecule has 0 radical (unpaired) electrons. The molecule has 1 aromatic heterocycles. The SMILES string of the molecule is CNc1ccccc1Sc1[nH]c(=O)[nH]c(=O)c1Br. The van der Waals surface area contributed by atoms with Crippen molar-refractivity contribution in [2.24, 2.45) is 0 Å². The number of H-pyrrole nitrogens is 2. The lowest BCUT2D eigenvalue weighted by Crippen LogP contribution is -2.23. The molecular weight excluding hydrogens is 318 g/mol. The quantitative estimate of drug-likeness (QED) is 0.754. The highest BCUT2D eigenvalue weighted by Crippen LogP contribution is 2.33. The van der Waals surface area contributed by atoms with Crippen LogP contribution in [-0.4, -0.2) is 17.0 Å². The van der Waals surface area contributed by atoms with E-state index in [1.54, 1.807) is 0 Å². The molecule has 0 amide bonds. The Bertz CT molecular complexity index is 680. The highest BCUT2D eigenvalue weighted by Gasteiger charge is 2.10. The van der Waals surface area contributed by atoms with Crippen LogP contribution in [0.5, 0.6) is 0 Å². The molecule has 18 heavy (non-hydrogen) atoms. The second-order valence-electron chi connectivity index (χ2n) is 3.40. The number of rotatable bonds is 3. The number of halogens is 1. The van der Waals surface area contributed by atoms with Crippen LogP contribution in [0.4, 0.5) is 5.69 Å². The average Bonchev–Trinajstić information content (AvgIpc) is 2.36. The average molecular weight is 328 g/mol. The van der Waals surface area contributed by atoms with Gasteiger partial charge in [0.15, 0.2) is 0 Å². The number of nitrogens with one attached hydrogen (secondary N) is 3. The van der Waals surface area contributed by atoms with Gasteiger partial charge in [-0.3, -0.25) is 9.78 Å². The molecule has 0 saturated heterocycles. The predicted molar refractivity (Wildman–Crippen MR) is 75.5 cm³/mol. The van der Waals surface area contributed by atoms with Crippen molar-refractivity contribution < 1.29 is 0 Å². The number of hydrogen-bond acceptors (Lipinski definition) is 4. The predicted octanol–water partition coefficient (Wildman–Crippen LogP) is 2.02. The van der Waals surface area contributed by atoms with Crippen LogP contribution >= 0.6 is 27.7 Å². The number of anilines is 1. The number of benzene rings is 1. The molecule has 0 aliphatic carbocycles. The van der Waals surface area contributed by atoms with Gasteiger partial charge in [-0.2, -0.15) is 0 Å². The van der Waals surface area contributed by atoms with Crippen LogP contribution in [0, 0.1) is 0 Å². The van der Waals surface area contributed by atoms with Gasteiger partial charge in [-0.25, -0.2) is 4.79 Å². The fourth-order valence-corrected chi connectivity index (χ4v) is 2.81. The summed E-state index contributed by atoms with van der Waals surface area (Å²) in [6.45, 7) is 0. The Morgan fingerprint density at radius 3 is 2.67 bits per heavy atom. The topological polar surface area (TPSA) is 77.8 Å². The number of para-hydroxylation sites is 1. The summed E-state index contributed by atoms with van der Waals surface area (Å²) in [5.74, 6) is 0. The fourth-order valence-electron chi connectivity index (χ4n) is 1.39. The maximum atomic E-state index is 11.5. The van der Waals surface area contributed by atoms with E-state index in [4.69, 9.17) is 0 Å². The van der Waals surface area contributed by atoms with Gasteiger partial charge in [0, 0.05) is 17.6 Å². The molecule has 2 rings (SSSR count). The van der Waals surface area contributed by atoms with Gasteiger partial charge in [-0.1, -0.05) is 23.9 Å². The first-order valence-electron chi connectivity index (χ1n) is 5.08. The zero-order valence-electron chi connectivity index (χ0n) is 9.41. The van der Waals surface area contributed by atoms with Gasteiger partial charge in [0.25, 0.3) is 5.56 Å². The highest BCUT2D eigenvalue weighted by atomic mass is 79.9. The van der Waals surface area contributed by atoms with Crippen LogP contribution in [0.25, 0.3) is 0 Å². The van der Waals surface area contributed by atoms with Crippen molar-refractivity contribution in [3.8, 4) is 0 Å². The third kappa shape index (κ3) is 2.68. The Hall–Kier alpha value is -1.47. The van der Waals surface area contributed by atoms with Crippen LogP contribution in [0.3, 0.4) is 0 Å². The third-order valence-corrected chi connectivity index (χ3v) is 4.33. The van der Waals surface area contributed by atoms with E-state index < -0.39 is 11.2 Å². The van der Waals surface area contributed by atoms with Crippen molar-refractivity contribution in [3.63, 3.8) is 0 Å². The Labute approximate surface area is 115 Å². The van der Waals surface area contributed by atoms with E-state index in [0.29, 0.717) is 9.50 Å². The van der Waals surface area contributed by atoms with E-state index in [9.17, 15) is 9.59 Å². The zero-order chi connectivity index (χ0) is 13.1. The van der Waals surface area contributed by atoms with Crippen molar-refractivity contribution in [1.29, 1.82) is 0 Å². The minimum Gasteiger partial charge on any atom is -0.387 e. The summed E-state index contributed by atoms with van der Waals surface area (Å²) in [7, 11) is 1.81. The van der Waals surface area contributed by atoms with E-state index in [0.717, 1.165) is 10.6 Å². The molecule has 2 aromatic rings. The first-order valence-corrected chi connectivity index (χ1v) is 6.69. The van der Waals surface area contributed by atoms with E-state index >= 15 is 0 Å². The van der Waals surface area contributed by atoms with Gasteiger partial charge in [0.05, 0.1) is 0 Å². The van der Waals surface area contributed by atoms with Gasteiger partial charge < -0.3 is 10.3 Å². The Morgan fingerprint density at radius 1 is 1.22 bits per heavy atom. The van der Waals surface area contributed by atoms with Crippen LogP contribution < -0.4 is 16.6 Å². The molecule has 0 aliphatic heterocycles. The number of aromatic nitrogens is 2. The second-order valence-corrected chi connectivity index (χ2v) is 5.24. The summed E-state index contributed by atoms with van der Waals surface area (Å²) in [5, 5.41) is 3.53. The van der Waals surface area contributed by atoms with Crippen molar-refractivity contribution >= 4 is 33.4 Å². The van der Waals surface area contributed by atoms with E-state index in [2.05, 4.69) is 31.2 Å². The van der Waals surface area contributed by atoms with E-state index in [1.165, 1.54) is 11.8 Å². The van der Waals surface area contributed by atoms with Crippen LogP contribution in [-0.2, 0) is 0 Å². The lowest BCUT2D eigenvalue weighted by atomic mass is 10.3. The highest BCUT2D eigenvalue weighted by molar-refractivity contribution is 9.10. The summed E-state index contributed by atoms with van der Waals surface area (Å²) >= 11 is 4.47. The maximum Gasteiger partial charge on any atom is 0.326 e. The summed E-state index contributed by atoms with van der Waals surface area (Å²) < 4.78 is 0.318. The summed E-state index contributed by atoms with van der Waals surface area (Å²) in [5.41, 5.74) is -0.0358. The number of hydrogen-bond donors (Lipinski definition) is 3. The van der Waals surface area contributed by atoms with Crippen LogP contribution in [0.15, 0.2) is 48.2 Å². The summed E-state index contributed by atoms with van der Waals surface area (Å²) in [4.78, 5) is 28.4. The molecule has 0 fully saturated rings. The largest absolute Gasteiger partial charge is 0.387 e. The molecule has 5 nitrogen and oxygen atoms in total. The monoisotopic (exact) mass is 327 g/mol. The summed E-state index contributed by atoms with van der Waals surface area (Å²) in [6.07, 6.45) is 0. The second kappa shape index (κ2) is 5.45. The molecule has 0 atom stereocenters. The number of aromatic amines is 2. The summed E-state index contributed by atoms with van der Waals surface area (Å²) in [6, 6.07) is 7.62. The molecule has 0 saturated carbocycles. The van der Waals surface area contributed by atoms with E-state index in [1.807, 2.05) is 31.3 Å². The van der Waals surface area contributed by atoms with Crippen molar-refractivity contribution in [1.82, 2.24) is 9.97 Å². The van der Waals surface area contributed by atoms with Gasteiger partial charge in [0.1, 0.15) is 9.50 Å². The van der Waals surface area contributed by atoms with Crippen molar-refractivity contribution in [2.45, 2.75) is 9.92 Å². The molecule has 7 heteroatoms. The Balaban J connectivity index is 2.46. The fraction of sp³-hybridized carbons (Fsp3) is 0.0909. The van der Waals surface area contributed by atoms with Crippen molar-refractivity contribution in [3.05, 3.63) is 49.6 Å². The molecule has 0 aliphatic rings. The standard InChI is InChI=1S/C11H10BrN3O2S/c1-13-6-4-2-3-5-7(6)18-10-8(12)9(16)14-11(17)15-10/h2-5,13H,1H3,(H2,14,15,16,17). The zero-order valence-corrected chi connectivity index (χ0v) is 11.8.